The van der Waals surface area contributed by atoms with Gasteiger partial charge in [0.25, 0.3) is 0 Å². The Kier molecular flexibility index (Phi) is 7.96. The molecule has 0 spiro atoms. The van der Waals surface area contributed by atoms with Gasteiger partial charge in [-0.3, -0.25) is 0 Å². The minimum Gasteiger partial charge on any atom is -0.228 e. The van der Waals surface area contributed by atoms with Crippen molar-refractivity contribution in [2.75, 3.05) is 0 Å². The summed E-state index contributed by atoms with van der Waals surface area (Å²) >= 11 is 0. The largest absolute Gasteiger partial charge is 0.228 e. The van der Waals surface area contributed by atoms with E-state index < -0.39 is 0 Å². The van der Waals surface area contributed by atoms with E-state index in [-0.39, 0.29) is 0 Å². The van der Waals surface area contributed by atoms with Crippen molar-refractivity contribution in [1.82, 2.24) is 9.97 Å². The van der Waals surface area contributed by atoms with E-state index in [1.165, 1.54) is 38.9 Å². The number of hydrogen-bond donors (Lipinski definition) is 0. The van der Waals surface area contributed by atoms with Gasteiger partial charge in [0.2, 0.25) is 0 Å². The van der Waals surface area contributed by atoms with Gasteiger partial charge in [-0.15, -0.1) is 0 Å². The first-order chi connectivity index (χ1) is 23.8. The number of aromatic nitrogens is 2. The monoisotopic (exact) mass is 612 g/mol. The summed E-state index contributed by atoms with van der Waals surface area (Å²) in [4.78, 5) is 9.98. The normalized spacial score (nSPS) is 10.9. The third-order valence-corrected chi connectivity index (χ3v) is 8.71. The fourth-order valence-electron chi connectivity index (χ4n) is 6.15. The van der Waals surface area contributed by atoms with E-state index in [1.807, 2.05) is 36.4 Å². The van der Waals surface area contributed by atoms with E-state index in [1.54, 1.807) is 0 Å². The number of hydrogen-bond acceptors (Lipinski definition) is 2. The molecule has 8 aromatic rings. The smallest absolute Gasteiger partial charge is 0.160 e. The Morgan fingerprint density at radius 2 is 0.479 bits per heavy atom. The molecule has 0 fully saturated rings. The molecule has 1 aromatic heterocycles. The summed E-state index contributed by atoms with van der Waals surface area (Å²) in [6, 6.07) is 68.2. The zero-order valence-electron chi connectivity index (χ0n) is 26.4. The SMILES string of the molecule is c1ccc(-c2ccc(-c3cc(-c4ccccc4)cc(-c4ccc(-c5cc(-c6ccccc6)nc(-c6ccccc6)n5)cc4)c3)cc2)cc1. The second-order valence-electron chi connectivity index (χ2n) is 11.9. The van der Waals surface area contributed by atoms with Crippen LogP contribution in [0.1, 0.15) is 0 Å². The highest BCUT2D eigenvalue weighted by atomic mass is 14.9. The average molecular weight is 613 g/mol. The average Bonchev–Trinajstić information content (AvgIpc) is 3.19. The lowest BCUT2D eigenvalue weighted by Crippen LogP contribution is -1.95. The Hall–Kier alpha value is -6.38. The molecule has 0 saturated carbocycles. The van der Waals surface area contributed by atoms with E-state index in [9.17, 15) is 0 Å². The van der Waals surface area contributed by atoms with Crippen LogP contribution in [0.4, 0.5) is 0 Å². The van der Waals surface area contributed by atoms with E-state index in [4.69, 9.17) is 9.97 Å². The Morgan fingerprint density at radius 1 is 0.208 bits per heavy atom. The molecule has 48 heavy (non-hydrogen) atoms. The highest BCUT2D eigenvalue weighted by Crippen LogP contribution is 2.35. The minimum absolute atomic E-state index is 0.717. The van der Waals surface area contributed by atoms with Crippen molar-refractivity contribution in [3.8, 4) is 78.4 Å². The van der Waals surface area contributed by atoms with Crippen LogP contribution in [0.5, 0.6) is 0 Å². The van der Waals surface area contributed by atoms with Gasteiger partial charge in [-0.25, -0.2) is 9.97 Å². The van der Waals surface area contributed by atoms with Crippen LogP contribution in [-0.4, -0.2) is 9.97 Å². The third kappa shape index (κ3) is 6.20. The second kappa shape index (κ2) is 13.2. The molecular formula is C46H32N2. The van der Waals surface area contributed by atoms with Gasteiger partial charge >= 0.3 is 0 Å². The first-order valence-corrected chi connectivity index (χ1v) is 16.2. The predicted octanol–water partition coefficient (Wildman–Crippen LogP) is 12.1. The van der Waals surface area contributed by atoms with E-state index in [0.717, 1.165) is 39.5 Å². The zero-order chi connectivity index (χ0) is 32.1. The first kappa shape index (κ1) is 29.1. The summed E-state index contributed by atoms with van der Waals surface area (Å²) in [5, 5.41) is 0. The summed E-state index contributed by atoms with van der Waals surface area (Å²) in [6.07, 6.45) is 0. The molecule has 0 saturated heterocycles. The van der Waals surface area contributed by atoms with Crippen LogP contribution < -0.4 is 0 Å². The maximum atomic E-state index is 5.03. The van der Waals surface area contributed by atoms with Crippen molar-refractivity contribution in [3.05, 3.63) is 194 Å². The van der Waals surface area contributed by atoms with Crippen LogP contribution in [-0.2, 0) is 0 Å². The summed E-state index contributed by atoms with van der Waals surface area (Å²) in [5.41, 5.74) is 14.4. The Labute approximate surface area is 281 Å². The zero-order valence-corrected chi connectivity index (χ0v) is 26.4. The summed E-state index contributed by atoms with van der Waals surface area (Å²) in [6.45, 7) is 0. The maximum Gasteiger partial charge on any atom is 0.160 e. The van der Waals surface area contributed by atoms with Crippen LogP contribution in [0, 0.1) is 0 Å². The van der Waals surface area contributed by atoms with Crippen LogP contribution in [0.3, 0.4) is 0 Å². The fraction of sp³-hybridized carbons (Fsp3) is 0. The molecule has 2 heteroatoms. The van der Waals surface area contributed by atoms with E-state index in [2.05, 4.69) is 158 Å². The van der Waals surface area contributed by atoms with Crippen molar-refractivity contribution in [2.24, 2.45) is 0 Å². The van der Waals surface area contributed by atoms with Gasteiger partial charge in [-0.1, -0.05) is 170 Å². The lowest BCUT2D eigenvalue weighted by Gasteiger charge is -2.13. The topological polar surface area (TPSA) is 25.8 Å². The molecular weight excluding hydrogens is 581 g/mol. The molecule has 8 rings (SSSR count). The van der Waals surface area contributed by atoms with E-state index in [0.29, 0.717) is 0 Å². The molecule has 0 aliphatic heterocycles. The quantitative estimate of drug-likeness (QED) is 0.179. The molecule has 0 bridgehead atoms. The third-order valence-electron chi connectivity index (χ3n) is 8.71. The van der Waals surface area contributed by atoms with Crippen molar-refractivity contribution >= 4 is 0 Å². The van der Waals surface area contributed by atoms with Gasteiger partial charge in [-0.05, 0) is 68.8 Å². The summed E-state index contributed by atoms with van der Waals surface area (Å²) in [7, 11) is 0. The molecule has 226 valence electrons. The summed E-state index contributed by atoms with van der Waals surface area (Å²) in [5.74, 6) is 0.717. The van der Waals surface area contributed by atoms with Gasteiger partial charge in [0.05, 0.1) is 11.4 Å². The predicted molar refractivity (Wildman–Crippen MR) is 200 cm³/mol. The van der Waals surface area contributed by atoms with Crippen molar-refractivity contribution in [1.29, 1.82) is 0 Å². The highest BCUT2D eigenvalue weighted by molar-refractivity contribution is 5.83. The maximum absolute atomic E-state index is 5.03. The van der Waals surface area contributed by atoms with Crippen LogP contribution in [0.25, 0.3) is 78.4 Å². The van der Waals surface area contributed by atoms with Crippen LogP contribution in [0.2, 0.25) is 0 Å². The van der Waals surface area contributed by atoms with Gasteiger partial charge in [0, 0.05) is 16.7 Å². The molecule has 0 unspecified atom stereocenters. The molecule has 0 aliphatic rings. The van der Waals surface area contributed by atoms with Crippen LogP contribution >= 0.6 is 0 Å². The Bertz CT molecular complexity index is 2220. The first-order valence-electron chi connectivity index (χ1n) is 16.2. The molecule has 0 atom stereocenters. The lowest BCUT2D eigenvalue weighted by atomic mass is 9.92. The molecule has 0 radical (unpaired) electrons. The second-order valence-corrected chi connectivity index (χ2v) is 11.9. The van der Waals surface area contributed by atoms with Crippen LogP contribution in [0.15, 0.2) is 194 Å². The number of benzene rings is 7. The molecule has 0 aliphatic carbocycles. The molecule has 2 nitrogen and oxygen atoms in total. The Morgan fingerprint density at radius 3 is 0.896 bits per heavy atom. The van der Waals surface area contributed by atoms with E-state index >= 15 is 0 Å². The number of nitrogens with zero attached hydrogens (tertiary/aromatic N) is 2. The Balaban J connectivity index is 1.18. The van der Waals surface area contributed by atoms with Crippen molar-refractivity contribution in [2.45, 2.75) is 0 Å². The van der Waals surface area contributed by atoms with Crippen molar-refractivity contribution in [3.63, 3.8) is 0 Å². The minimum atomic E-state index is 0.717. The van der Waals surface area contributed by atoms with Gasteiger partial charge in [0.15, 0.2) is 5.82 Å². The lowest BCUT2D eigenvalue weighted by molar-refractivity contribution is 1.18. The molecule has 0 N–H and O–H groups in total. The highest BCUT2D eigenvalue weighted by Gasteiger charge is 2.12. The molecule has 0 amide bonds. The standard InChI is InChI=1S/C46H32N2/c1-5-13-33(14-6-1)35-21-23-36(24-22-35)42-29-41(34-15-7-2-8-16-34)30-43(31-42)37-25-27-39(28-26-37)45-32-44(38-17-9-3-10-18-38)47-46(48-45)40-19-11-4-12-20-40/h1-32H. The van der Waals surface area contributed by atoms with Gasteiger partial charge in [0.1, 0.15) is 0 Å². The number of rotatable bonds is 7. The van der Waals surface area contributed by atoms with Crippen molar-refractivity contribution < 1.29 is 0 Å². The van der Waals surface area contributed by atoms with Gasteiger partial charge in [-0.2, -0.15) is 0 Å². The molecule has 1 heterocycles. The summed E-state index contributed by atoms with van der Waals surface area (Å²) < 4.78 is 0. The molecule has 7 aromatic carbocycles. The fourth-order valence-corrected chi connectivity index (χ4v) is 6.15. The van der Waals surface area contributed by atoms with Gasteiger partial charge < -0.3 is 0 Å².